The maximum absolute atomic E-state index is 12.3. The molecule has 0 aromatic carbocycles. The molecule has 5 nitrogen and oxygen atoms in total. The van der Waals surface area contributed by atoms with E-state index in [2.05, 4.69) is 21.8 Å². The highest BCUT2D eigenvalue weighted by atomic mass is 35.5. The highest BCUT2D eigenvalue weighted by Gasteiger charge is 2.22. The molecule has 0 bridgehead atoms. The molecule has 0 radical (unpaired) electrons. The van der Waals surface area contributed by atoms with Crippen LogP contribution in [0, 0.1) is 19.8 Å². The largest absolute Gasteiger partial charge is 0.328 e. The van der Waals surface area contributed by atoms with Crippen LogP contribution < -0.4 is 11.3 Å². The summed E-state index contributed by atoms with van der Waals surface area (Å²) in [5.74, 6) is 1.39. The van der Waals surface area contributed by atoms with Gasteiger partial charge in [0.1, 0.15) is 10.7 Å². The van der Waals surface area contributed by atoms with Gasteiger partial charge in [-0.1, -0.05) is 0 Å². The quantitative estimate of drug-likeness (QED) is 0.886. The Morgan fingerprint density at radius 3 is 2.65 bits per heavy atom. The molecule has 0 saturated carbocycles. The Kier molecular flexibility index (Phi) is 5.84. The number of aromatic amines is 1. The Hall–Kier alpha value is -0.950. The van der Waals surface area contributed by atoms with E-state index in [4.69, 9.17) is 5.73 Å². The summed E-state index contributed by atoms with van der Waals surface area (Å²) in [5.41, 5.74) is 7.03. The van der Waals surface area contributed by atoms with Crippen LogP contribution in [0.5, 0.6) is 0 Å². The van der Waals surface area contributed by atoms with Crippen molar-refractivity contribution in [2.24, 2.45) is 11.7 Å². The molecule has 0 spiro atoms. The molecule has 23 heavy (non-hydrogen) atoms. The van der Waals surface area contributed by atoms with Crippen molar-refractivity contribution in [3.8, 4) is 0 Å². The molecule has 3 N–H and O–H groups in total. The van der Waals surface area contributed by atoms with Crippen molar-refractivity contribution in [2.45, 2.75) is 46.2 Å². The molecule has 1 aliphatic rings. The smallest absolute Gasteiger partial charge is 0.259 e. The lowest BCUT2D eigenvalue weighted by Crippen LogP contribution is -2.39. The van der Waals surface area contributed by atoms with Crippen LogP contribution in [0.25, 0.3) is 10.2 Å². The molecule has 1 aliphatic heterocycles. The van der Waals surface area contributed by atoms with Crippen molar-refractivity contribution < 1.29 is 0 Å². The van der Waals surface area contributed by atoms with Crippen LogP contribution in [0.1, 0.15) is 36.0 Å². The van der Waals surface area contributed by atoms with E-state index in [1.807, 2.05) is 13.8 Å². The fraction of sp³-hybridized carbons (Fsp3) is 0.625. The number of hydrogen-bond donors (Lipinski definition) is 2. The van der Waals surface area contributed by atoms with Gasteiger partial charge in [0.25, 0.3) is 5.56 Å². The van der Waals surface area contributed by atoms with Gasteiger partial charge in [-0.25, -0.2) is 4.98 Å². The molecular formula is C16H25ClN4OS. The van der Waals surface area contributed by atoms with Crippen LogP contribution in [0.15, 0.2) is 4.79 Å². The SMILES string of the molecule is Cc1sc2nc(CN3CCC(C(C)N)CC3)[nH]c(=O)c2c1C.Cl. The molecule has 2 aromatic rings. The van der Waals surface area contributed by atoms with Crippen molar-refractivity contribution in [2.75, 3.05) is 13.1 Å². The Morgan fingerprint density at radius 2 is 2.04 bits per heavy atom. The Bertz CT molecular complexity index is 731. The minimum absolute atomic E-state index is 0. The summed E-state index contributed by atoms with van der Waals surface area (Å²) < 4.78 is 0. The van der Waals surface area contributed by atoms with E-state index in [0.717, 1.165) is 47.5 Å². The number of hydrogen-bond acceptors (Lipinski definition) is 5. The molecular weight excluding hydrogens is 332 g/mol. The van der Waals surface area contributed by atoms with E-state index in [0.29, 0.717) is 12.5 Å². The standard InChI is InChI=1S/C16H24N4OS.ClH/c1-9-11(3)22-16-14(9)15(21)18-13(19-16)8-20-6-4-12(5-7-20)10(2)17;/h10,12H,4-8,17H2,1-3H3,(H,18,19,21);1H. The lowest BCUT2D eigenvalue weighted by atomic mass is 9.91. The van der Waals surface area contributed by atoms with Crippen LogP contribution in [0.2, 0.25) is 0 Å². The van der Waals surface area contributed by atoms with E-state index in [-0.39, 0.29) is 24.0 Å². The third-order valence-electron chi connectivity index (χ3n) is 4.84. The molecule has 2 aromatic heterocycles. The van der Waals surface area contributed by atoms with E-state index in [9.17, 15) is 4.79 Å². The van der Waals surface area contributed by atoms with Crippen LogP contribution in [0.3, 0.4) is 0 Å². The third kappa shape index (κ3) is 3.76. The zero-order valence-electron chi connectivity index (χ0n) is 13.9. The first-order valence-corrected chi connectivity index (χ1v) is 8.74. The van der Waals surface area contributed by atoms with E-state index in [1.54, 1.807) is 11.3 Å². The first-order chi connectivity index (χ1) is 10.5. The molecule has 0 amide bonds. The van der Waals surface area contributed by atoms with Crippen molar-refractivity contribution >= 4 is 34.0 Å². The molecule has 1 unspecified atom stereocenters. The fourth-order valence-corrected chi connectivity index (χ4v) is 4.27. The number of thiophene rings is 1. The first kappa shape index (κ1) is 18.4. The minimum atomic E-state index is -0.00711. The summed E-state index contributed by atoms with van der Waals surface area (Å²) in [6.07, 6.45) is 2.25. The van der Waals surface area contributed by atoms with Gasteiger partial charge in [-0.15, -0.1) is 23.7 Å². The Balaban J connectivity index is 0.00000192. The summed E-state index contributed by atoms with van der Waals surface area (Å²) >= 11 is 1.61. The number of aryl methyl sites for hydroxylation is 2. The van der Waals surface area contributed by atoms with Crippen LogP contribution in [-0.4, -0.2) is 34.0 Å². The Morgan fingerprint density at radius 1 is 1.39 bits per heavy atom. The first-order valence-electron chi connectivity index (χ1n) is 7.92. The van der Waals surface area contributed by atoms with Gasteiger partial charge in [0.15, 0.2) is 0 Å². The number of piperidine rings is 1. The lowest BCUT2D eigenvalue weighted by Gasteiger charge is -2.33. The maximum atomic E-state index is 12.3. The monoisotopic (exact) mass is 356 g/mol. The van der Waals surface area contributed by atoms with E-state index in [1.165, 1.54) is 4.88 Å². The van der Waals surface area contributed by atoms with Gasteiger partial charge in [-0.3, -0.25) is 9.69 Å². The Labute approximate surface area is 146 Å². The predicted molar refractivity (Wildman–Crippen MR) is 98.6 cm³/mol. The van der Waals surface area contributed by atoms with Crippen LogP contribution >= 0.6 is 23.7 Å². The summed E-state index contributed by atoms with van der Waals surface area (Å²) in [5, 5.41) is 0.752. The van der Waals surface area contributed by atoms with Gasteiger partial charge in [0.05, 0.1) is 11.9 Å². The lowest BCUT2D eigenvalue weighted by molar-refractivity contribution is 0.162. The van der Waals surface area contributed by atoms with Crippen LogP contribution in [0.4, 0.5) is 0 Å². The van der Waals surface area contributed by atoms with Gasteiger partial charge in [0.2, 0.25) is 0 Å². The van der Waals surface area contributed by atoms with Gasteiger partial charge in [-0.05, 0) is 58.2 Å². The average Bonchev–Trinajstić information content (AvgIpc) is 2.75. The molecule has 3 heterocycles. The average molecular weight is 357 g/mol. The zero-order chi connectivity index (χ0) is 15.9. The van der Waals surface area contributed by atoms with Gasteiger partial charge < -0.3 is 10.7 Å². The maximum Gasteiger partial charge on any atom is 0.259 e. The molecule has 7 heteroatoms. The number of rotatable bonds is 3. The number of halogens is 1. The second-order valence-electron chi connectivity index (χ2n) is 6.45. The number of H-pyrrole nitrogens is 1. The number of nitrogens with one attached hydrogen (secondary N) is 1. The second-order valence-corrected chi connectivity index (χ2v) is 7.65. The van der Waals surface area contributed by atoms with E-state index >= 15 is 0 Å². The molecule has 3 rings (SSSR count). The summed E-state index contributed by atoms with van der Waals surface area (Å²) in [6, 6.07) is 0.272. The normalized spacial score (nSPS) is 18.1. The second kappa shape index (κ2) is 7.30. The molecule has 0 aliphatic carbocycles. The van der Waals surface area contributed by atoms with Crippen molar-refractivity contribution in [3.05, 3.63) is 26.6 Å². The number of fused-ring (bicyclic) bond motifs is 1. The van der Waals surface area contributed by atoms with Crippen molar-refractivity contribution in [1.82, 2.24) is 14.9 Å². The predicted octanol–water partition coefficient (Wildman–Crippen LogP) is 2.58. The molecule has 128 valence electrons. The molecule has 1 fully saturated rings. The van der Waals surface area contributed by atoms with Crippen molar-refractivity contribution in [3.63, 3.8) is 0 Å². The summed E-state index contributed by atoms with van der Waals surface area (Å²) in [6.45, 7) is 8.89. The molecule has 1 atom stereocenters. The highest BCUT2D eigenvalue weighted by molar-refractivity contribution is 7.18. The van der Waals surface area contributed by atoms with Crippen molar-refractivity contribution in [1.29, 1.82) is 0 Å². The number of nitrogens with zero attached hydrogens (tertiary/aromatic N) is 2. The highest BCUT2D eigenvalue weighted by Crippen LogP contribution is 2.26. The van der Waals surface area contributed by atoms with E-state index < -0.39 is 0 Å². The molecule has 1 saturated heterocycles. The fourth-order valence-electron chi connectivity index (χ4n) is 3.22. The summed E-state index contributed by atoms with van der Waals surface area (Å²) in [7, 11) is 0. The van der Waals surface area contributed by atoms with Gasteiger partial charge in [-0.2, -0.15) is 0 Å². The third-order valence-corrected chi connectivity index (χ3v) is 5.94. The van der Waals surface area contributed by atoms with Crippen LogP contribution in [-0.2, 0) is 6.54 Å². The van der Waals surface area contributed by atoms with Gasteiger partial charge in [0, 0.05) is 10.9 Å². The number of likely N-dealkylation sites (tertiary alicyclic amines) is 1. The number of nitrogens with two attached hydrogens (primary N) is 1. The van der Waals surface area contributed by atoms with Gasteiger partial charge >= 0.3 is 0 Å². The zero-order valence-corrected chi connectivity index (χ0v) is 15.5. The minimum Gasteiger partial charge on any atom is -0.328 e. The summed E-state index contributed by atoms with van der Waals surface area (Å²) in [4.78, 5) is 24.3. The topological polar surface area (TPSA) is 75.0 Å². The number of aromatic nitrogens is 2.